The molecule has 1 amide bonds. The van der Waals surface area contributed by atoms with Crippen molar-refractivity contribution >= 4 is 21.8 Å². The number of rotatable bonds is 2. The van der Waals surface area contributed by atoms with Crippen molar-refractivity contribution in [1.29, 1.82) is 0 Å². The summed E-state index contributed by atoms with van der Waals surface area (Å²) in [5.41, 5.74) is 0.726. The fourth-order valence-electron chi connectivity index (χ4n) is 1.96. The van der Waals surface area contributed by atoms with E-state index in [2.05, 4.69) is 26.4 Å². The summed E-state index contributed by atoms with van der Waals surface area (Å²) in [6, 6.07) is 1.85. The Morgan fingerprint density at radius 3 is 2.94 bits per heavy atom. The number of aryl methyl sites for hydroxylation is 1. The van der Waals surface area contributed by atoms with Crippen LogP contribution >= 0.6 is 15.9 Å². The van der Waals surface area contributed by atoms with E-state index in [0.29, 0.717) is 10.6 Å². The summed E-state index contributed by atoms with van der Waals surface area (Å²) in [5, 5.41) is 6.68. The van der Waals surface area contributed by atoms with Gasteiger partial charge in [-0.25, -0.2) is 0 Å². The number of hydrogen-bond acceptors (Lipinski definition) is 3. The van der Waals surface area contributed by atoms with Crippen molar-refractivity contribution in [3.05, 3.63) is 17.5 Å². The molecule has 4 nitrogen and oxygen atoms in total. The molecule has 1 aromatic rings. The lowest BCUT2D eigenvalue weighted by Gasteiger charge is -2.27. The molecule has 0 radical (unpaired) electrons. The first-order valence-corrected chi connectivity index (χ1v) is 6.46. The van der Waals surface area contributed by atoms with Gasteiger partial charge >= 0.3 is 0 Å². The predicted molar refractivity (Wildman–Crippen MR) is 63.7 cm³/mol. The number of nitrogens with one attached hydrogen (secondary N) is 1. The molecule has 1 aliphatic carbocycles. The summed E-state index contributed by atoms with van der Waals surface area (Å²) < 4.78 is 4.93. The number of aromatic nitrogens is 1. The monoisotopic (exact) mass is 286 g/mol. The molecule has 1 aromatic heterocycles. The normalized spacial score (nSPS) is 25.4. The minimum Gasteiger partial charge on any atom is -0.351 e. The van der Waals surface area contributed by atoms with Crippen molar-refractivity contribution in [3.63, 3.8) is 0 Å². The predicted octanol–water partition coefficient (Wildman–Crippen LogP) is 2.42. The van der Waals surface area contributed by atoms with Gasteiger partial charge in [-0.2, -0.15) is 0 Å². The zero-order valence-electron chi connectivity index (χ0n) is 9.20. The van der Waals surface area contributed by atoms with Gasteiger partial charge in [0.05, 0.1) is 5.69 Å². The van der Waals surface area contributed by atoms with Gasteiger partial charge in [-0.05, 0) is 19.8 Å². The van der Waals surface area contributed by atoms with E-state index in [1.807, 2.05) is 0 Å². The Labute approximate surface area is 103 Å². The van der Waals surface area contributed by atoms with E-state index in [1.165, 1.54) is 12.8 Å². The lowest BCUT2D eigenvalue weighted by atomic mass is 9.95. The van der Waals surface area contributed by atoms with Crippen LogP contribution in [0.5, 0.6) is 0 Å². The lowest BCUT2D eigenvalue weighted by molar-refractivity contribution is 0.0892. The molecule has 1 aliphatic rings. The average Bonchev–Trinajstić information content (AvgIpc) is 2.68. The van der Waals surface area contributed by atoms with Crippen molar-refractivity contribution in [2.45, 2.75) is 43.5 Å². The van der Waals surface area contributed by atoms with Crippen molar-refractivity contribution < 1.29 is 9.32 Å². The Bertz CT molecular complexity index is 378. The van der Waals surface area contributed by atoms with E-state index in [0.717, 1.165) is 18.5 Å². The van der Waals surface area contributed by atoms with Gasteiger partial charge < -0.3 is 9.84 Å². The minimum absolute atomic E-state index is 0.169. The van der Waals surface area contributed by atoms with Gasteiger partial charge in [0.15, 0.2) is 0 Å². The van der Waals surface area contributed by atoms with Crippen LogP contribution < -0.4 is 5.32 Å². The van der Waals surface area contributed by atoms with Crippen LogP contribution in [0.4, 0.5) is 0 Å². The van der Waals surface area contributed by atoms with Gasteiger partial charge in [0.2, 0.25) is 5.76 Å². The molecule has 1 saturated carbocycles. The first kappa shape index (κ1) is 11.6. The molecule has 5 heteroatoms. The molecule has 1 N–H and O–H groups in total. The number of alkyl halides is 1. The highest BCUT2D eigenvalue weighted by atomic mass is 79.9. The zero-order chi connectivity index (χ0) is 11.5. The van der Waals surface area contributed by atoms with Gasteiger partial charge in [0.1, 0.15) is 0 Å². The Hall–Kier alpha value is -0.840. The van der Waals surface area contributed by atoms with Crippen LogP contribution in [-0.2, 0) is 0 Å². The standard InChI is InChI=1S/C11H15BrN2O2/c1-7-6-10(16-14-7)11(15)13-9-5-3-2-4-8(9)12/h6,8-9H,2-5H2,1H3,(H,13,15). The molecule has 16 heavy (non-hydrogen) atoms. The van der Waals surface area contributed by atoms with Crippen molar-refractivity contribution in [1.82, 2.24) is 10.5 Å². The quantitative estimate of drug-likeness (QED) is 0.850. The Kier molecular flexibility index (Phi) is 3.63. The Balaban J connectivity index is 1.96. The molecule has 0 saturated heterocycles. The molecule has 1 heterocycles. The molecular formula is C11H15BrN2O2. The topological polar surface area (TPSA) is 55.1 Å². The maximum absolute atomic E-state index is 11.8. The summed E-state index contributed by atoms with van der Waals surface area (Å²) in [6.07, 6.45) is 4.53. The SMILES string of the molecule is Cc1cc(C(=O)NC2CCCCC2Br)on1. The van der Waals surface area contributed by atoms with E-state index >= 15 is 0 Å². The second-order valence-corrected chi connectivity index (χ2v) is 5.39. The molecule has 88 valence electrons. The van der Waals surface area contributed by atoms with Gasteiger partial charge in [0.25, 0.3) is 5.91 Å². The van der Waals surface area contributed by atoms with Crippen LogP contribution in [0.2, 0.25) is 0 Å². The number of nitrogens with zero attached hydrogens (tertiary/aromatic N) is 1. The highest BCUT2D eigenvalue weighted by molar-refractivity contribution is 9.09. The maximum atomic E-state index is 11.8. The van der Waals surface area contributed by atoms with Gasteiger partial charge in [0, 0.05) is 16.9 Å². The molecule has 1 fully saturated rings. The van der Waals surface area contributed by atoms with Crippen molar-refractivity contribution in [2.75, 3.05) is 0 Å². The molecule has 0 aliphatic heterocycles. The summed E-state index contributed by atoms with van der Waals surface area (Å²) >= 11 is 3.60. The van der Waals surface area contributed by atoms with Gasteiger partial charge in [-0.1, -0.05) is 33.9 Å². The molecule has 2 rings (SSSR count). The zero-order valence-corrected chi connectivity index (χ0v) is 10.8. The van der Waals surface area contributed by atoms with Gasteiger partial charge in [-0.15, -0.1) is 0 Å². The average molecular weight is 287 g/mol. The molecule has 2 unspecified atom stereocenters. The number of carbonyl (C=O) groups is 1. The Morgan fingerprint density at radius 2 is 2.31 bits per heavy atom. The first-order valence-electron chi connectivity index (χ1n) is 5.55. The third-order valence-corrected chi connectivity index (χ3v) is 3.95. The first-order chi connectivity index (χ1) is 7.66. The Morgan fingerprint density at radius 1 is 1.56 bits per heavy atom. The molecule has 0 aromatic carbocycles. The number of hydrogen-bond donors (Lipinski definition) is 1. The van der Waals surface area contributed by atoms with Crippen LogP contribution in [0, 0.1) is 6.92 Å². The minimum atomic E-state index is -0.169. The van der Waals surface area contributed by atoms with Crippen LogP contribution in [0.15, 0.2) is 10.6 Å². The van der Waals surface area contributed by atoms with E-state index in [4.69, 9.17) is 4.52 Å². The maximum Gasteiger partial charge on any atom is 0.290 e. The smallest absolute Gasteiger partial charge is 0.290 e. The summed E-state index contributed by atoms with van der Waals surface area (Å²) in [5.74, 6) is 0.125. The summed E-state index contributed by atoms with van der Waals surface area (Å²) in [6.45, 7) is 1.80. The van der Waals surface area contributed by atoms with E-state index in [1.54, 1.807) is 13.0 Å². The van der Waals surface area contributed by atoms with Gasteiger partial charge in [-0.3, -0.25) is 4.79 Å². The second-order valence-electron chi connectivity index (χ2n) is 4.21. The highest BCUT2D eigenvalue weighted by Crippen LogP contribution is 2.24. The van der Waals surface area contributed by atoms with Crippen LogP contribution in [0.1, 0.15) is 41.9 Å². The summed E-state index contributed by atoms with van der Waals surface area (Å²) in [4.78, 5) is 12.2. The van der Waals surface area contributed by atoms with Crippen LogP contribution in [-0.4, -0.2) is 21.9 Å². The van der Waals surface area contributed by atoms with Crippen molar-refractivity contribution in [3.8, 4) is 0 Å². The van der Waals surface area contributed by atoms with Crippen LogP contribution in [0.25, 0.3) is 0 Å². The van der Waals surface area contributed by atoms with Crippen molar-refractivity contribution in [2.24, 2.45) is 0 Å². The summed E-state index contributed by atoms with van der Waals surface area (Å²) in [7, 11) is 0. The van der Waals surface area contributed by atoms with E-state index in [9.17, 15) is 4.79 Å². The molecule has 2 atom stereocenters. The fourth-order valence-corrected chi connectivity index (χ4v) is 2.68. The molecular weight excluding hydrogens is 272 g/mol. The molecule has 0 bridgehead atoms. The number of halogens is 1. The number of amides is 1. The largest absolute Gasteiger partial charge is 0.351 e. The van der Waals surface area contributed by atoms with E-state index < -0.39 is 0 Å². The third kappa shape index (κ3) is 2.64. The molecule has 0 spiro atoms. The second kappa shape index (κ2) is 4.99. The number of carbonyl (C=O) groups excluding carboxylic acids is 1. The fraction of sp³-hybridized carbons (Fsp3) is 0.636. The van der Waals surface area contributed by atoms with E-state index in [-0.39, 0.29) is 11.9 Å². The highest BCUT2D eigenvalue weighted by Gasteiger charge is 2.25. The van der Waals surface area contributed by atoms with Crippen LogP contribution in [0.3, 0.4) is 0 Å². The third-order valence-electron chi connectivity index (χ3n) is 2.85. The lowest BCUT2D eigenvalue weighted by Crippen LogP contribution is -2.42.